The van der Waals surface area contributed by atoms with Crippen LogP contribution in [0.2, 0.25) is 5.15 Å². The lowest BCUT2D eigenvalue weighted by Gasteiger charge is -2.08. The van der Waals surface area contributed by atoms with Crippen molar-refractivity contribution in [2.75, 3.05) is 7.11 Å². The molecule has 0 N–H and O–H groups in total. The third kappa shape index (κ3) is 3.92. The van der Waals surface area contributed by atoms with Crippen molar-refractivity contribution in [1.29, 1.82) is 0 Å². The fourth-order valence-corrected chi connectivity index (χ4v) is 6.83. The van der Waals surface area contributed by atoms with E-state index < -0.39 is 21.6 Å². The van der Waals surface area contributed by atoms with Gasteiger partial charge in [0.15, 0.2) is 5.15 Å². The number of carbonyl (C=O) groups is 1. The molecule has 0 aliphatic rings. The molecule has 0 atom stereocenters. The number of fused-ring (bicyclic) bond motifs is 1. The van der Waals surface area contributed by atoms with E-state index >= 15 is 0 Å². The molecule has 4 rings (SSSR count). The van der Waals surface area contributed by atoms with Gasteiger partial charge in [-0.3, -0.25) is 4.79 Å². The molecule has 32 heavy (non-hydrogen) atoms. The Morgan fingerprint density at radius 1 is 1.22 bits per heavy atom. The number of hydrogen-bond acceptors (Lipinski definition) is 6. The molecule has 0 aliphatic heterocycles. The van der Waals surface area contributed by atoms with Crippen molar-refractivity contribution in [3.8, 4) is 0 Å². The van der Waals surface area contributed by atoms with Crippen LogP contribution in [-0.2, 0) is 32.3 Å². The first kappa shape index (κ1) is 22.4. The molecule has 6 nitrogen and oxygen atoms in total. The van der Waals surface area contributed by atoms with Gasteiger partial charge in [-0.1, -0.05) is 29.8 Å². The first-order valence-electron chi connectivity index (χ1n) is 9.52. The van der Waals surface area contributed by atoms with Crippen LogP contribution in [0.1, 0.15) is 16.1 Å². The third-order valence-electron chi connectivity index (χ3n) is 5.27. The highest BCUT2D eigenvalue weighted by Gasteiger charge is 2.29. The molecule has 0 fully saturated rings. The van der Waals surface area contributed by atoms with Gasteiger partial charge in [-0.15, -0.1) is 0 Å². The van der Waals surface area contributed by atoms with E-state index in [1.54, 1.807) is 35.8 Å². The Morgan fingerprint density at radius 3 is 2.62 bits per heavy atom. The van der Waals surface area contributed by atoms with E-state index in [0.29, 0.717) is 27.0 Å². The smallest absolute Gasteiger partial charge is 0.325 e. The SMILES string of the molecule is COC(=O)Cn1c(C)c(Cc2snc(Cl)c2S(=O)(=O)c2ccccc2)c2cc(F)ccc21. The van der Waals surface area contributed by atoms with E-state index in [2.05, 4.69) is 4.37 Å². The van der Waals surface area contributed by atoms with Crippen LogP contribution in [0.4, 0.5) is 4.39 Å². The molecule has 0 radical (unpaired) electrons. The molecule has 2 heterocycles. The second-order valence-corrected chi connectivity index (χ2v) is 10.2. The predicted molar refractivity (Wildman–Crippen MR) is 120 cm³/mol. The van der Waals surface area contributed by atoms with Gasteiger partial charge in [0.2, 0.25) is 9.84 Å². The normalized spacial score (nSPS) is 11.8. The average Bonchev–Trinajstić information content (AvgIpc) is 3.27. The number of ether oxygens (including phenoxy) is 1. The Bertz CT molecular complexity index is 1430. The molecule has 0 spiro atoms. The fraction of sp³-hybridized carbons (Fsp3) is 0.182. The fourth-order valence-electron chi connectivity index (χ4n) is 3.69. The molecule has 2 aromatic heterocycles. The molecule has 166 valence electrons. The maximum Gasteiger partial charge on any atom is 0.325 e. The van der Waals surface area contributed by atoms with E-state index in [0.717, 1.165) is 11.5 Å². The maximum atomic E-state index is 14.1. The van der Waals surface area contributed by atoms with Crippen molar-refractivity contribution in [3.63, 3.8) is 0 Å². The molecule has 4 aromatic rings. The van der Waals surface area contributed by atoms with Crippen LogP contribution in [0.5, 0.6) is 0 Å². The number of aromatic nitrogens is 2. The molecular weight excluding hydrogens is 475 g/mol. The molecule has 0 unspecified atom stereocenters. The molecular formula is C22H18ClFN2O4S2. The van der Waals surface area contributed by atoms with Gasteiger partial charge in [0.05, 0.1) is 16.9 Å². The average molecular weight is 493 g/mol. The van der Waals surface area contributed by atoms with Gasteiger partial charge in [0.25, 0.3) is 0 Å². The van der Waals surface area contributed by atoms with Crippen molar-refractivity contribution in [2.45, 2.75) is 29.7 Å². The molecule has 0 saturated carbocycles. The number of rotatable bonds is 6. The number of methoxy groups -OCH3 is 1. The highest BCUT2D eigenvalue weighted by molar-refractivity contribution is 7.91. The number of hydrogen-bond donors (Lipinski definition) is 0. The van der Waals surface area contributed by atoms with Crippen molar-refractivity contribution >= 4 is 49.8 Å². The number of sulfone groups is 1. The summed E-state index contributed by atoms with van der Waals surface area (Å²) in [4.78, 5) is 12.4. The molecule has 0 saturated heterocycles. The van der Waals surface area contributed by atoms with Crippen LogP contribution in [0.25, 0.3) is 10.9 Å². The minimum absolute atomic E-state index is 0.0525. The Morgan fingerprint density at radius 2 is 1.94 bits per heavy atom. The van der Waals surface area contributed by atoms with Gasteiger partial charge in [-0.25, -0.2) is 12.8 Å². The van der Waals surface area contributed by atoms with Gasteiger partial charge in [0.1, 0.15) is 17.3 Å². The summed E-state index contributed by atoms with van der Waals surface area (Å²) in [7, 11) is -2.61. The Hall–Kier alpha value is -2.75. The summed E-state index contributed by atoms with van der Waals surface area (Å²) in [6.07, 6.45) is 0.158. The summed E-state index contributed by atoms with van der Waals surface area (Å²) in [5.41, 5.74) is 2.03. The highest BCUT2D eigenvalue weighted by atomic mass is 35.5. The first-order valence-corrected chi connectivity index (χ1v) is 12.2. The van der Waals surface area contributed by atoms with Crippen molar-refractivity contribution < 1.29 is 22.3 Å². The topological polar surface area (TPSA) is 78.3 Å². The van der Waals surface area contributed by atoms with Gasteiger partial charge < -0.3 is 9.30 Å². The number of benzene rings is 2. The van der Waals surface area contributed by atoms with E-state index in [4.69, 9.17) is 16.3 Å². The zero-order valence-corrected chi connectivity index (χ0v) is 19.5. The second-order valence-electron chi connectivity index (χ2n) is 7.11. The zero-order valence-electron chi connectivity index (χ0n) is 17.1. The third-order valence-corrected chi connectivity index (χ3v) is 8.59. The molecule has 0 aliphatic carbocycles. The van der Waals surface area contributed by atoms with E-state index in [-0.39, 0.29) is 27.9 Å². The minimum atomic E-state index is -3.91. The molecule has 2 aromatic carbocycles. The monoisotopic (exact) mass is 492 g/mol. The lowest BCUT2D eigenvalue weighted by Crippen LogP contribution is -2.12. The minimum Gasteiger partial charge on any atom is -0.468 e. The largest absolute Gasteiger partial charge is 0.468 e. The van der Waals surface area contributed by atoms with Crippen molar-refractivity contribution in [1.82, 2.24) is 8.94 Å². The standard InChI is InChI=1S/C22H18ClFN2O4S2/c1-13-16(17-10-14(24)8-9-18(17)26(13)12-20(27)30-2)11-19-21(22(23)25-31-19)32(28,29)15-6-4-3-5-7-15/h3-10H,11-12H2,1-2H3. The summed E-state index contributed by atoms with van der Waals surface area (Å²) in [5, 5.41) is 0.481. The predicted octanol–water partition coefficient (Wildman–Crippen LogP) is 4.80. The van der Waals surface area contributed by atoms with Crippen molar-refractivity contribution in [3.05, 3.63) is 75.6 Å². The summed E-state index contributed by atoms with van der Waals surface area (Å²) in [6.45, 7) is 1.74. The summed E-state index contributed by atoms with van der Waals surface area (Å²) >= 11 is 7.20. The quantitative estimate of drug-likeness (QED) is 0.361. The number of carbonyl (C=O) groups excluding carboxylic acids is 1. The van der Waals surface area contributed by atoms with Crippen LogP contribution in [-0.4, -0.2) is 30.4 Å². The number of esters is 1. The first-order chi connectivity index (χ1) is 15.2. The van der Waals surface area contributed by atoms with Crippen molar-refractivity contribution in [2.24, 2.45) is 0 Å². The van der Waals surface area contributed by atoms with Crippen LogP contribution in [0, 0.1) is 12.7 Å². The summed E-state index contributed by atoms with van der Waals surface area (Å²) in [5.74, 6) is -0.887. The lowest BCUT2D eigenvalue weighted by atomic mass is 10.1. The van der Waals surface area contributed by atoms with Gasteiger partial charge >= 0.3 is 5.97 Å². The zero-order chi connectivity index (χ0) is 23.0. The van der Waals surface area contributed by atoms with E-state index in [1.807, 2.05) is 0 Å². The Labute approximate surface area is 193 Å². The van der Waals surface area contributed by atoms with E-state index in [1.165, 1.54) is 31.4 Å². The Balaban J connectivity index is 1.86. The van der Waals surface area contributed by atoms with Crippen LogP contribution in [0.3, 0.4) is 0 Å². The van der Waals surface area contributed by atoms with Crippen LogP contribution in [0.15, 0.2) is 58.3 Å². The molecule has 0 bridgehead atoms. The Kier molecular flexibility index (Phi) is 6.07. The number of nitrogens with zero attached hydrogens (tertiary/aromatic N) is 2. The van der Waals surface area contributed by atoms with Gasteiger partial charge in [-0.2, -0.15) is 4.37 Å². The number of halogens is 2. The summed E-state index contributed by atoms with van der Waals surface area (Å²) in [6, 6.07) is 12.3. The maximum absolute atomic E-state index is 14.1. The molecule has 10 heteroatoms. The lowest BCUT2D eigenvalue weighted by molar-refractivity contribution is -0.141. The molecule has 0 amide bonds. The van der Waals surface area contributed by atoms with Crippen LogP contribution < -0.4 is 0 Å². The van der Waals surface area contributed by atoms with Crippen LogP contribution >= 0.6 is 23.1 Å². The van der Waals surface area contributed by atoms with Gasteiger partial charge in [-0.05, 0) is 54.4 Å². The van der Waals surface area contributed by atoms with E-state index in [9.17, 15) is 17.6 Å². The van der Waals surface area contributed by atoms with Gasteiger partial charge in [0, 0.05) is 23.0 Å². The highest BCUT2D eigenvalue weighted by Crippen LogP contribution is 2.37. The summed E-state index contributed by atoms with van der Waals surface area (Å²) < 4.78 is 51.2. The second kappa shape index (κ2) is 8.65.